The first-order chi connectivity index (χ1) is 8.81. The van der Waals surface area contributed by atoms with Crippen molar-refractivity contribution in [2.24, 2.45) is 4.99 Å². The van der Waals surface area contributed by atoms with Crippen LogP contribution in [0.25, 0.3) is 0 Å². The lowest BCUT2D eigenvalue weighted by Gasteiger charge is -2.32. The number of para-hydroxylation sites is 4. The third-order valence-electron chi connectivity index (χ3n) is 3.08. The van der Waals surface area contributed by atoms with Crippen LogP contribution in [0.5, 0.6) is 11.5 Å². The summed E-state index contributed by atoms with van der Waals surface area (Å²) in [7, 11) is 1.80. The van der Waals surface area contributed by atoms with Gasteiger partial charge in [-0.1, -0.05) is 24.3 Å². The Kier molecular flexibility index (Phi) is 2.52. The first-order valence-electron chi connectivity index (χ1n) is 5.90. The second-order valence-corrected chi connectivity index (χ2v) is 4.14. The van der Waals surface area contributed by atoms with E-state index in [4.69, 9.17) is 4.74 Å². The van der Waals surface area contributed by atoms with Gasteiger partial charge in [-0.3, -0.25) is 9.89 Å². The van der Waals surface area contributed by atoms with Crippen molar-refractivity contribution in [2.75, 3.05) is 11.9 Å². The Morgan fingerprint density at radius 2 is 1.44 bits per heavy atom. The molecule has 1 heterocycles. The number of aliphatic imine (C=N–C) groups is 1. The minimum Gasteiger partial charge on any atom is -0.453 e. The molecule has 0 saturated heterocycles. The fourth-order valence-corrected chi connectivity index (χ4v) is 2.15. The highest BCUT2D eigenvalue weighted by atomic mass is 16.5. The SMILES string of the molecule is CN=C(C)N1c2ccccc2Oc2ccccc21. The molecule has 1 aliphatic rings. The van der Waals surface area contributed by atoms with Crippen molar-refractivity contribution < 1.29 is 4.74 Å². The summed E-state index contributed by atoms with van der Waals surface area (Å²) in [4.78, 5) is 6.42. The molecular weight excluding hydrogens is 224 g/mol. The van der Waals surface area contributed by atoms with Crippen LogP contribution in [0.15, 0.2) is 53.5 Å². The lowest BCUT2D eigenvalue weighted by atomic mass is 10.1. The van der Waals surface area contributed by atoms with E-state index in [1.807, 2.05) is 55.5 Å². The summed E-state index contributed by atoms with van der Waals surface area (Å²) < 4.78 is 5.91. The molecule has 0 radical (unpaired) electrons. The highest BCUT2D eigenvalue weighted by Crippen LogP contribution is 2.46. The Labute approximate surface area is 106 Å². The van der Waals surface area contributed by atoms with E-state index in [9.17, 15) is 0 Å². The van der Waals surface area contributed by atoms with Crippen LogP contribution in [-0.4, -0.2) is 12.9 Å². The summed E-state index contributed by atoms with van der Waals surface area (Å²) in [5.41, 5.74) is 2.05. The first-order valence-corrected chi connectivity index (χ1v) is 5.90. The first kappa shape index (κ1) is 10.8. The molecule has 0 bridgehead atoms. The molecule has 2 aromatic carbocycles. The van der Waals surface area contributed by atoms with Gasteiger partial charge in [-0.2, -0.15) is 0 Å². The van der Waals surface area contributed by atoms with E-state index in [1.165, 1.54) is 0 Å². The Morgan fingerprint density at radius 3 is 1.94 bits per heavy atom. The molecule has 3 nitrogen and oxygen atoms in total. The van der Waals surface area contributed by atoms with E-state index in [0.29, 0.717) is 0 Å². The van der Waals surface area contributed by atoms with Gasteiger partial charge in [0.05, 0.1) is 11.4 Å². The molecule has 0 aromatic heterocycles. The third-order valence-corrected chi connectivity index (χ3v) is 3.08. The number of ether oxygens (including phenoxy) is 1. The topological polar surface area (TPSA) is 24.8 Å². The number of anilines is 2. The molecule has 18 heavy (non-hydrogen) atoms. The molecule has 0 atom stereocenters. The smallest absolute Gasteiger partial charge is 0.151 e. The van der Waals surface area contributed by atoms with E-state index in [0.717, 1.165) is 28.7 Å². The number of fused-ring (bicyclic) bond motifs is 2. The summed E-state index contributed by atoms with van der Waals surface area (Å²) >= 11 is 0. The monoisotopic (exact) mass is 238 g/mol. The lowest BCUT2D eigenvalue weighted by molar-refractivity contribution is 0.477. The van der Waals surface area contributed by atoms with Crippen LogP contribution in [-0.2, 0) is 0 Å². The number of nitrogens with zero attached hydrogens (tertiary/aromatic N) is 2. The quantitative estimate of drug-likeness (QED) is 0.512. The highest BCUT2D eigenvalue weighted by molar-refractivity contribution is 6.06. The molecule has 0 amide bonds. The van der Waals surface area contributed by atoms with Crippen molar-refractivity contribution in [3.8, 4) is 11.5 Å². The van der Waals surface area contributed by atoms with Crippen LogP contribution in [0, 0.1) is 0 Å². The Morgan fingerprint density at radius 1 is 0.944 bits per heavy atom. The number of benzene rings is 2. The van der Waals surface area contributed by atoms with Gasteiger partial charge in [0.2, 0.25) is 0 Å². The lowest BCUT2D eigenvalue weighted by Crippen LogP contribution is -2.26. The molecule has 0 N–H and O–H groups in total. The summed E-state index contributed by atoms with van der Waals surface area (Å²) in [6, 6.07) is 16.0. The van der Waals surface area contributed by atoms with Crippen molar-refractivity contribution in [1.29, 1.82) is 0 Å². The third kappa shape index (κ3) is 1.56. The Bertz CT molecular complexity index is 574. The zero-order chi connectivity index (χ0) is 12.5. The fraction of sp³-hybridized carbons (Fsp3) is 0.133. The normalized spacial score (nSPS) is 13.7. The van der Waals surface area contributed by atoms with Crippen molar-refractivity contribution in [3.63, 3.8) is 0 Å². The second-order valence-electron chi connectivity index (χ2n) is 4.14. The molecule has 90 valence electrons. The molecule has 0 unspecified atom stereocenters. The van der Waals surface area contributed by atoms with Crippen molar-refractivity contribution >= 4 is 17.2 Å². The second kappa shape index (κ2) is 4.18. The van der Waals surface area contributed by atoms with Gasteiger partial charge < -0.3 is 4.74 Å². The molecule has 0 aliphatic carbocycles. The van der Waals surface area contributed by atoms with Gasteiger partial charge in [-0.15, -0.1) is 0 Å². The predicted octanol–water partition coefficient (Wildman–Crippen LogP) is 3.98. The maximum absolute atomic E-state index is 5.91. The van der Waals surface area contributed by atoms with Crippen molar-refractivity contribution in [3.05, 3.63) is 48.5 Å². The van der Waals surface area contributed by atoms with Gasteiger partial charge in [0.25, 0.3) is 0 Å². The molecule has 1 aliphatic heterocycles. The Balaban J connectivity index is 2.24. The summed E-state index contributed by atoms with van der Waals surface area (Å²) in [6.07, 6.45) is 0. The molecule has 0 saturated carbocycles. The number of rotatable bonds is 0. The van der Waals surface area contributed by atoms with Crippen LogP contribution in [0.3, 0.4) is 0 Å². The summed E-state index contributed by atoms with van der Waals surface area (Å²) in [5, 5.41) is 0. The number of hydrogen-bond acceptors (Lipinski definition) is 2. The van der Waals surface area contributed by atoms with Gasteiger partial charge in [0, 0.05) is 7.05 Å². The number of hydrogen-bond donors (Lipinski definition) is 0. The molecule has 0 fully saturated rings. The van der Waals surface area contributed by atoms with E-state index >= 15 is 0 Å². The van der Waals surface area contributed by atoms with Crippen LogP contribution in [0.4, 0.5) is 11.4 Å². The maximum atomic E-state index is 5.91. The summed E-state index contributed by atoms with van der Waals surface area (Å²) in [6.45, 7) is 2.00. The van der Waals surface area contributed by atoms with E-state index < -0.39 is 0 Å². The van der Waals surface area contributed by atoms with Gasteiger partial charge >= 0.3 is 0 Å². The average molecular weight is 238 g/mol. The van der Waals surface area contributed by atoms with E-state index in [-0.39, 0.29) is 0 Å². The van der Waals surface area contributed by atoms with Gasteiger partial charge in [0.1, 0.15) is 5.84 Å². The maximum Gasteiger partial charge on any atom is 0.151 e. The van der Waals surface area contributed by atoms with E-state index in [2.05, 4.69) is 9.89 Å². The predicted molar refractivity (Wildman–Crippen MR) is 74.1 cm³/mol. The Hall–Kier alpha value is -2.29. The largest absolute Gasteiger partial charge is 0.453 e. The van der Waals surface area contributed by atoms with Crippen LogP contribution in [0.1, 0.15) is 6.92 Å². The van der Waals surface area contributed by atoms with E-state index in [1.54, 1.807) is 7.05 Å². The van der Waals surface area contributed by atoms with Gasteiger partial charge in [0.15, 0.2) is 11.5 Å². The van der Waals surface area contributed by atoms with Crippen LogP contribution < -0.4 is 9.64 Å². The minimum atomic E-state index is 0.860. The zero-order valence-corrected chi connectivity index (χ0v) is 10.4. The summed E-state index contributed by atoms with van der Waals surface area (Å²) in [5.74, 6) is 2.66. The highest BCUT2D eigenvalue weighted by Gasteiger charge is 2.25. The molecule has 3 rings (SSSR count). The average Bonchev–Trinajstić information content (AvgIpc) is 2.44. The van der Waals surface area contributed by atoms with Crippen molar-refractivity contribution in [2.45, 2.75) is 6.92 Å². The van der Waals surface area contributed by atoms with Gasteiger partial charge in [-0.25, -0.2) is 0 Å². The molecule has 0 spiro atoms. The molecule has 3 heteroatoms. The standard InChI is InChI=1S/C15H14N2O/c1-11(16-2)17-12-7-3-5-9-14(12)18-15-10-6-4-8-13(15)17/h3-10H,1-2H3. The fourth-order valence-electron chi connectivity index (χ4n) is 2.15. The molecular formula is C15H14N2O. The molecule has 2 aromatic rings. The van der Waals surface area contributed by atoms with Crippen molar-refractivity contribution in [1.82, 2.24) is 0 Å². The zero-order valence-electron chi connectivity index (χ0n) is 10.4. The van der Waals surface area contributed by atoms with Gasteiger partial charge in [-0.05, 0) is 31.2 Å². The van der Waals surface area contributed by atoms with Crippen LogP contribution in [0.2, 0.25) is 0 Å². The number of amidine groups is 1. The minimum absolute atomic E-state index is 0.860. The van der Waals surface area contributed by atoms with Crippen LogP contribution >= 0.6 is 0 Å².